The molecule has 0 amide bonds. The van der Waals surface area contributed by atoms with Crippen LogP contribution < -0.4 is 4.72 Å². The number of aliphatic hydroxyl groups is 1. The highest BCUT2D eigenvalue weighted by molar-refractivity contribution is 7.91. The third-order valence-corrected chi connectivity index (χ3v) is 6.52. The van der Waals surface area contributed by atoms with E-state index in [4.69, 9.17) is 5.11 Å². The van der Waals surface area contributed by atoms with Crippen molar-refractivity contribution in [2.75, 3.05) is 26.2 Å². The molecule has 0 atom stereocenters. The van der Waals surface area contributed by atoms with Gasteiger partial charge in [-0.1, -0.05) is 6.92 Å². The largest absolute Gasteiger partial charge is 0.396 e. The number of nitrogens with zero attached hydrogens (tertiary/aromatic N) is 1. The van der Waals surface area contributed by atoms with Gasteiger partial charge in [-0.3, -0.25) is 4.90 Å². The molecule has 20 heavy (non-hydrogen) atoms. The number of nitrogens with one attached hydrogen (secondary N) is 1. The lowest BCUT2D eigenvalue weighted by Gasteiger charge is -2.19. The lowest BCUT2D eigenvalue weighted by atomic mass is 10.4. The highest BCUT2D eigenvalue weighted by Gasteiger charge is 2.27. The van der Waals surface area contributed by atoms with Gasteiger partial charge in [0.1, 0.15) is 4.21 Å². The van der Waals surface area contributed by atoms with Crippen molar-refractivity contribution in [2.24, 2.45) is 0 Å². The van der Waals surface area contributed by atoms with Crippen molar-refractivity contribution in [1.82, 2.24) is 9.62 Å². The Balaban J connectivity index is 1.86. The highest BCUT2D eigenvalue weighted by Crippen LogP contribution is 2.26. The standard InChI is InChI=1S/C13H22N2O3S2/c1-2-15(11-3-4-11)9-8-14-20(17,18)13-6-5-12(19-13)7-10-16/h5-6,11,14,16H,2-4,7-10H2,1H3. The Bertz CT molecular complexity index is 523. The summed E-state index contributed by atoms with van der Waals surface area (Å²) < 4.78 is 27.2. The zero-order valence-electron chi connectivity index (χ0n) is 11.7. The van der Waals surface area contributed by atoms with Crippen molar-refractivity contribution >= 4 is 21.4 Å². The molecule has 0 aromatic carbocycles. The summed E-state index contributed by atoms with van der Waals surface area (Å²) in [4.78, 5) is 3.20. The van der Waals surface area contributed by atoms with Gasteiger partial charge in [0.05, 0.1) is 0 Å². The Morgan fingerprint density at radius 1 is 1.45 bits per heavy atom. The second kappa shape index (κ2) is 7.00. The molecule has 0 radical (unpaired) electrons. The van der Waals surface area contributed by atoms with Crippen LogP contribution in [0.15, 0.2) is 16.3 Å². The molecule has 1 aromatic heterocycles. The molecule has 0 spiro atoms. The van der Waals surface area contributed by atoms with Crippen LogP contribution in [0, 0.1) is 0 Å². The van der Waals surface area contributed by atoms with E-state index in [9.17, 15) is 8.42 Å². The van der Waals surface area contributed by atoms with Crippen LogP contribution in [0.25, 0.3) is 0 Å². The molecule has 114 valence electrons. The van der Waals surface area contributed by atoms with Crippen molar-refractivity contribution in [2.45, 2.75) is 36.4 Å². The first-order valence-corrected chi connectivity index (χ1v) is 9.30. The Morgan fingerprint density at radius 3 is 2.80 bits per heavy atom. The van der Waals surface area contributed by atoms with E-state index in [1.165, 1.54) is 24.2 Å². The molecule has 1 aliphatic rings. The molecule has 1 aliphatic carbocycles. The third-order valence-electron chi connectivity index (χ3n) is 3.42. The molecule has 1 heterocycles. The first kappa shape index (κ1) is 15.9. The van der Waals surface area contributed by atoms with Crippen molar-refractivity contribution < 1.29 is 13.5 Å². The summed E-state index contributed by atoms with van der Waals surface area (Å²) in [6.07, 6.45) is 2.97. The van der Waals surface area contributed by atoms with Crippen LogP contribution in [-0.2, 0) is 16.4 Å². The predicted molar refractivity (Wildman–Crippen MR) is 80.6 cm³/mol. The summed E-state index contributed by atoms with van der Waals surface area (Å²) in [6, 6.07) is 4.02. The number of hydrogen-bond acceptors (Lipinski definition) is 5. The minimum Gasteiger partial charge on any atom is -0.396 e. The van der Waals surface area contributed by atoms with Crippen molar-refractivity contribution in [3.05, 3.63) is 17.0 Å². The average Bonchev–Trinajstić information content (AvgIpc) is 3.14. The van der Waals surface area contributed by atoms with E-state index >= 15 is 0 Å². The molecule has 2 rings (SSSR count). The lowest BCUT2D eigenvalue weighted by Crippen LogP contribution is -2.35. The number of thiophene rings is 1. The molecule has 0 saturated heterocycles. The summed E-state index contributed by atoms with van der Waals surface area (Å²) in [5.41, 5.74) is 0. The number of sulfonamides is 1. The molecule has 5 nitrogen and oxygen atoms in total. The van der Waals surface area contributed by atoms with E-state index in [1.54, 1.807) is 12.1 Å². The smallest absolute Gasteiger partial charge is 0.250 e. The Hall–Kier alpha value is -0.470. The van der Waals surface area contributed by atoms with Crippen LogP contribution in [0.3, 0.4) is 0 Å². The molecule has 2 N–H and O–H groups in total. The second-order valence-corrected chi connectivity index (χ2v) is 8.11. The summed E-state index contributed by atoms with van der Waals surface area (Å²) in [5.74, 6) is 0. The molecule has 1 aromatic rings. The lowest BCUT2D eigenvalue weighted by molar-refractivity contribution is 0.282. The second-order valence-electron chi connectivity index (χ2n) is 4.95. The van der Waals surface area contributed by atoms with Crippen LogP contribution in [0.5, 0.6) is 0 Å². The van der Waals surface area contributed by atoms with Gasteiger partial charge in [0.2, 0.25) is 10.0 Å². The maximum atomic E-state index is 12.1. The van der Waals surface area contributed by atoms with E-state index < -0.39 is 10.0 Å². The van der Waals surface area contributed by atoms with Gasteiger partial charge in [0, 0.05) is 37.0 Å². The molecule has 1 saturated carbocycles. The summed E-state index contributed by atoms with van der Waals surface area (Å²) >= 11 is 1.22. The SMILES string of the molecule is CCN(CCNS(=O)(=O)c1ccc(CCO)s1)C1CC1. The normalized spacial score (nSPS) is 15.9. The number of likely N-dealkylation sites (N-methyl/N-ethyl adjacent to an activating group) is 1. The summed E-state index contributed by atoms with van der Waals surface area (Å²) in [6.45, 7) is 4.31. The van der Waals surface area contributed by atoms with E-state index in [2.05, 4.69) is 16.5 Å². The van der Waals surface area contributed by atoms with Crippen molar-refractivity contribution in [1.29, 1.82) is 0 Å². The zero-order valence-corrected chi connectivity index (χ0v) is 13.3. The predicted octanol–water partition coefficient (Wildman–Crippen LogP) is 1.05. The average molecular weight is 318 g/mol. The van der Waals surface area contributed by atoms with Crippen molar-refractivity contribution in [3.8, 4) is 0 Å². The van der Waals surface area contributed by atoms with Gasteiger partial charge in [0.15, 0.2) is 0 Å². The fourth-order valence-electron chi connectivity index (χ4n) is 2.18. The number of hydrogen-bond donors (Lipinski definition) is 2. The molecule has 1 fully saturated rings. The van der Waals surface area contributed by atoms with Crippen LogP contribution in [0.1, 0.15) is 24.6 Å². The third kappa shape index (κ3) is 4.26. The zero-order chi connectivity index (χ0) is 14.6. The van der Waals surface area contributed by atoms with Gasteiger partial charge in [-0.15, -0.1) is 11.3 Å². The maximum absolute atomic E-state index is 12.1. The fourth-order valence-corrected chi connectivity index (χ4v) is 4.59. The van der Waals surface area contributed by atoms with E-state index in [1.807, 2.05) is 0 Å². The fraction of sp³-hybridized carbons (Fsp3) is 0.692. The summed E-state index contributed by atoms with van der Waals surface area (Å²) in [5, 5.41) is 8.86. The Kier molecular flexibility index (Phi) is 5.57. The molecule has 7 heteroatoms. The van der Waals surface area contributed by atoms with E-state index in [-0.39, 0.29) is 6.61 Å². The highest BCUT2D eigenvalue weighted by atomic mass is 32.2. The Labute approximate surface area is 124 Å². The first-order valence-electron chi connectivity index (χ1n) is 7.00. The number of rotatable bonds is 9. The van der Waals surface area contributed by atoms with Gasteiger partial charge < -0.3 is 5.11 Å². The molecular weight excluding hydrogens is 296 g/mol. The van der Waals surface area contributed by atoms with Gasteiger partial charge in [0.25, 0.3) is 0 Å². The monoisotopic (exact) mass is 318 g/mol. The van der Waals surface area contributed by atoms with Gasteiger partial charge >= 0.3 is 0 Å². The van der Waals surface area contributed by atoms with Gasteiger partial charge in [-0.05, 0) is 31.5 Å². The summed E-state index contributed by atoms with van der Waals surface area (Å²) in [7, 11) is -3.41. The minimum absolute atomic E-state index is 0.0419. The molecule has 0 bridgehead atoms. The van der Waals surface area contributed by atoms with Crippen molar-refractivity contribution in [3.63, 3.8) is 0 Å². The van der Waals surface area contributed by atoms with Crippen LogP contribution in [0.2, 0.25) is 0 Å². The minimum atomic E-state index is -3.41. The molecule has 0 unspecified atom stereocenters. The quantitative estimate of drug-likeness (QED) is 0.714. The van der Waals surface area contributed by atoms with Gasteiger partial charge in [-0.2, -0.15) is 0 Å². The van der Waals surface area contributed by atoms with Gasteiger partial charge in [-0.25, -0.2) is 13.1 Å². The van der Waals surface area contributed by atoms with Crippen LogP contribution >= 0.6 is 11.3 Å². The Morgan fingerprint density at radius 2 is 2.20 bits per heavy atom. The van der Waals surface area contributed by atoms with E-state index in [0.717, 1.165) is 18.0 Å². The first-order chi connectivity index (χ1) is 9.56. The van der Waals surface area contributed by atoms with Crippen LogP contribution in [-0.4, -0.2) is 50.7 Å². The van der Waals surface area contributed by atoms with Crippen LogP contribution in [0.4, 0.5) is 0 Å². The maximum Gasteiger partial charge on any atom is 0.250 e. The molecular formula is C13H22N2O3S2. The molecule has 0 aliphatic heterocycles. The number of aliphatic hydroxyl groups excluding tert-OH is 1. The van der Waals surface area contributed by atoms with E-state index in [0.29, 0.717) is 23.2 Å². The topological polar surface area (TPSA) is 69.6 Å².